The molecule has 0 radical (unpaired) electrons. The van der Waals surface area contributed by atoms with Gasteiger partial charge in [0.2, 0.25) is 0 Å². The monoisotopic (exact) mass is 256 g/mol. The number of alkyl halides is 3. The first-order chi connectivity index (χ1) is 6.06. The van der Waals surface area contributed by atoms with Gasteiger partial charge in [-0.3, -0.25) is 0 Å². The van der Waals surface area contributed by atoms with E-state index in [0.29, 0.717) is 6.07 Å². The molecule has 0 atom stereocenters. The Morgan fingerprint density at radius 1 is 1.15 bits per heavy atom. The normalized spacial score (nSPS) is 10.9. The van der Waals surface area contributed by atoms with Crippen LogP contribution in [0.3, 0.4) is 0 Å². The summed E-state index contributed by atoms with van der Waals surface area (Å²) in [7, 11) is 0. The van der Waals surface area contributed by atoms with E-state index in [1.165, 1.54) is 0 Å². The number of halogens is 5. The van der Waals surface area contributed by atoms with E-state index in [9.17, 15) is 17.6 Å². The van der Waals surface area contributed by atoms with Crippen molar-refractivity contribution in [3.8, 4) is 0 Å². The Labute approximate surface area is 80.7 Å². The quantitative estimate of drug-likeness (QED) is 0.558. The molecule has 0 aliphatic carbocycles. The first kappa shape index (κ1) is 10.5. The first-order valence-electron chi connectivity index (χ1n) is 3.38. The van der Waals surface area contributed by atoms with Gasteiger partial charge in [0.05, 0.1) is 0 Å². The molecule has 1 aromatic rings. The number of hydrogen-bond donors (Lipinski definition) is 0. The van der Waals surface area contributed by atoms with Crippen LogP contribution in [0.5, 0.6) is 0 Å². The third kappa shape index (κ3) is 2.21. The van der Waals surface area contributed by atoms with Crippen LogP contribution in [0, 0.1) is 11.6 Å². The molecule has 72 valence electrons. The molecule has 0 heterocycles. The van der Waals surface area contributed by atoms with Gasteiger partial charge in [-0.05, 0) is 17.7 Å². The van der Waals surface area contributed by atoms with Gasteiger partial charge in [-0.1, -0.05) is 15.9 Å². The summed E-state index contributed by atoms with van der Waals surface area (Å²) < 4.78 is 49.5. The summed E-state index contributed by atoms with van der Waals surface area (Å²) in [6, 6.07) is 1.29. The Bertz CT molecular complexity index is 311. The Balaban J connectivity index is 3.25. The highest BCUT2D eigenvalue weighted by atomic mass is 79.9. The molecule has 5 heteroatoms. The zero-order chi connectivity index (χ0) is 10.0. The molecular formula is C8H5BrF4. The molecule has 1 rings (SSSR count). The summed E-state index contributed by atoms with van der Waals surface area (Å²) in [5, 5.41) is 0.0733. The lowest BCUT2D eigenvalue weighted by molar-refractivity contribution is 0.150. The van der Waals surface area contributed by atoms with E-state index in [1.807, 2.05) is 0 Å². The molecule has 0 aromatic heterocycles. The van der Waals surface area contributed by atoms with E-state index < -0.39 is 23.6 Å². The highest BCUT2D eigenvalue weighted by Crippen LogP contribution is 2.26. The van der Waals surface area contributed by atoms with Gasteiger partial charge < -0.3 is 0 Å². The molecule has 0 aliphatic heterocycles. The van der Waals surface area contributed by atoms with Gasteiger partial charge >= 0.3 is 0 Å². The lowest BCUT2D eigenvalue weighted by Gasteiger charge is -2.06. The average molecular weight is 257 g/mol. The second-order valence-electron chi connectivity index (χ2n) is 2.40. The van der Waals surface area contributed by atoms with Gasteiger partial charge in [-0.15, -0.1) is 0 Å². The summed E-state index contributed by atoms with van der Waals surface area (Å²) in [5.74, 6) is -2.36. The van der Waals surface area contributed by atoms with Crippen molar-refractivity contribution < 1.29 is 17.6 Å². The predicted molar refractivity (Wildman–Crippen MR) is 43.9 cm³/mol. The van der Waals surface area contributed by atoms with E-state index >= 15 is 0 Å². The number of hydrogen-bond acceptors (Lipinski definition) is 0. The molecule has 0 nitrogen and oxygen atoms in total. The average Bonchev–Trinajstić information content (AvgIpc) is 2.08. The van der Waals surface area contributed by atoms with Crippen LogP contribution in [-0.4, -0.2) is 0 Å². The van der Waals surface area contributed by atoms with Crippen LogP contribution in [0.15, 0.2) is 12.1 Å². The van der Waals surface area contributed by atoms with Crippen molar-refractivity contribution in [1.82, 2.24) is 0 Å². The highest BCUT2D eigenvalue weighted by Gasteiger charge is 2.16. The van der Waals surface area contributed by atoms with Gasteiger partial charge in [0, 0.05) is 10.9 Å². The van der Waals surface area contributed by atoms with Crippen LogP contribution in [0.25, 0.3) is 0 Å². The Morgan fingerprint density at radius 3 is 2.15 bits per heavy atom. The van der Waals surface area contributed by atoms with Crippen molar-refractivity contribution in [3.05, 3.63) is 34.9 Å². The molecule has 0 fully saturated rings. The molecule has 0 aliphatic rings. The minimum Gasteiger partial charge on any atom is -0.205 e. The highest BCUT2D eigenvalue weighted by molar-refractivity contribution is 9.08. The largest absolute Gasteiger partial charge is 0.264 e. The van der Waals surface area contributed by atoms with Crippen LogP contribution in [0.1, 0.15) is 17.6 Å². The second-order valence-corrected chi connectivity index (χ2v) is 2.96. The topological polar surface area (TPSA) is 0 Å². The number of rotatable bonds is 2. The molecule has 0 saturated heterocycles. The smallest absolute Gasteiger partial charge is 0.205 e. The summed E-state index contributed by atoms with van der Waals surface area (Å²) >= 11 is 2.91. The fourth-order valence-electron chi connectivity index (χ4n) is 0.922. The van der Waals surface area contributed by atoms with Crippen molar-refractivity contribution in [2.75, 3.05) is 0 Å². The van der Waals surface area contributed by atoms with Gasteiger partial charge in [-0.25, -0.2) is 17.6 Å². The summed E-state index contributed by atoms with van der Waals surface area (Å²) in [6.45, 7) is 0. The molecule has 0 saturated carbocycles. The molecular weight excluding hydrogens is 252 g/mol. The van der Waals surface area contributed by atoms with Gasteiger partial charge in [-0.2, -0.15) is 0 Å². The SMILES string of the molecule is Fc1cc(CBr)c(C(F)F)cc1F. The van der Waals surface area contributed by atoms with Crippen molar-refractivity contribution in [2.24, 2.45) is 0 Å². The van der Waals surface area contributed by atoms with Crippen LogP contribution >= 0.6 is 15.9 Å². The first-order valence-corrected chi connectivity index (χ1v) is 4.50. The van der Waals surface area contributed by atoms with Crippen molar-refractivity contribution in [2.45, 2.75) is 11.8 Å². The zero-order valence-corrected chi connectivity index (χ0v) is 7.91. The zero-order valence-electron chi connectivity index (χ0n) is 6.33. The lowest BCUT2D eigenvalue weighted by atomic mass is 10.1. The fourth-order valence-corrected chi connectivity index (χ4v) is 1.41. The molecule has 0 bridgehead atoms. The fraction of sp³-hybridized carbons (Fsp3) is 0.250. The third-order valence-corrected chi connectivity index (χ3v) is 2.17. The van der Waals surface area contributed by atoms with E-state index in [1.54, 1.807) is 0 Å². The third-order valence-electron chi connectivity index (χ3n) is 1.56. The van der Waals surface area contributed by atoms with Gasteiger partial charge in [0.25, 0.3) is 6.43 Å². The van der Waals surface area contributed by atoms with E-state index in [-0.39, 0.29) is 10.9 Å². The minimum atomic E-state index is -2.79. The summed E-state index contributed by atoms with van der Waals surface area (Å²) in [4.78, 5) is 0. The van der Waals surface area contributed by atoms with Crippen LogP contribution in [0.4, 0.5) is 17.6 Å². The molecule has 0 unspecified atom stereocenters. The molecule has 0 amide bonds. The standard InChI is InChI=1S/C8H5BrF4/c9-3-4-1-6(10)7(11)2-5(4)8(12)13/h1-2,8H,3H2. The molecule has 0 spiro atoms. The maximum absolute atomic E-state index is 12.6. The molecule has 1 aromatic carbocycles. The van der Waals surface area contributed by atoms with Crippen LogP contribution in [-0.2, 0) is 5.33 Å². The Kier molecular flexibility index (Phi) is 3.30. The summed E-state index contributed by atoms with van der Waals surface area (Å²) in [6.07, 6.45) is -2.79. The molecule has 13 heavy (non-hydrogen) atoms. The number of benzene rings is 1. The predicted octanol–water partition coefficient (Wildman–Crippen LogP) is 3.80. The van der Waals surface area contributed by atoms with Gasteiger partial charge in [0.15, 0.2) is 11.6 Å². The van der Waals surface area contributed by atoms with Gasteiger partial charge in [0.1, 0.15) is 0 Å². The van der Waals surface area contributed by atoms with Crippen LogP contribution < -0.4 is 0 Å². The Hall–Kier alpha value is -0.580. The van der Waals surface area contributed by atoms with E-state index in [0.717, 1.165) is 6.07 Å². The lowest BCUT2D eigenvalue weighted by Crippen LogP contribution is -1.96. The maximum atomic E-state index is 12.6. The summed E-state index contributed by atoms with van der Waals surface area (Å²) in [5.41, 5.74) is -0.412. The second kappa shape index (κ2) is 4.09. The Morgan fingerprint density at radius 2 is 1.69 bits per heavy atom. The van der Waals surface area contributed by atoms with Crippen LogP contribution in [0.2, 0.25) is 0 Å². The minimum absolute atomic E-state index is 0.0638. The van der Waals surface area contributed by atoms with E-state index in [2.05, 4.69) is 15.9 Å². The van der Waals surface area contributed by atoms with Crippen molar-refractivity contribution in [1.29, 1.82) is 0 Å². The van der Waals surface area contributed by atoms with Crippen molar-refractivity contribution in [3.63, 3.8) is 0 Å². The maximum Gasteiger partial charge on any atom is 0.264 e. The van der Waals surface area contributed by atoms with E-state index in [4.69, 9.17) is 0 Å². The molecule has 0 N–H and O–H groups in total. The van der Waals surface area contributed by atoms with Crippen molar-refractivity contribution >= 4 is 15.9 Å².